The molecule has 1 aromatic carbocycles. The second-order valence-corrected chi connectivity index (χ2v) is 3.41. The molecule has 0 unspecified atom stereocenters. The zero-order valence-corrected chi connectivity index (χ0v) is 8.57. The minimum atomic E-state index is 0.821. The number of benzene rings is 1. The topological polar surface area (TPSA) is 0 Å². The van der Waals surface area contributed by atoms with Gasteiger partial charge in [-0.2, -0.15) is 0 Å². The van der Waals surface area contributed by atoms with Crippen molar-refractivity contribution in [2.45, 2.75) is 27.2 Å². The molecule has 0 N–H and O–H groups in total. The third kappa shape index (κ3) is 2.36. The molecule has 0 bridgehead atoms. The van der Waals surface area contributed by atoms with E-state index in [1.165, 1.54) is 22.3 Å². The first-order valence-corrected chi connectivity index (χ1v) is 4.47. The van der Waals surface area contributed by atoms with Gasteiger partial charge in [0.1, 0.15) is 0 Å². The summed E-state index contributed by atoms with van der Waals surface area (Å²) in [7, 11) is 0. The molecule has 0 fully saturated rings. The molecule has 0 heteroatoms. The Balaban J connectivity index is 3.10. The van der Waals surface area contributed by atoms with Crippen LogP contribution >= 0.6 is 0 Å². The van der Waals surface area contributed by atoms with Gasteiger partial charge >= 0.3 is 0 Å². The van der Waals surface area contributed by atoms with E-state index in [1.54, 1.807) is 0 Å². The molecule has 0 aromatic heterocycles. The fourth-order valence-electron chi connectivity index (χ4n) is 1.64. The molecule has 0 spiro atoms. The number of hydrogen-bond acceptors (Lipinski definition) is 0. The van der Waals surface area contributed by atoms with Gasteiger partial charge in [0.05, 0.1) is 0 Å². The summed E-state index contributed by atoms with van der Waals surface area (Å²) in [5, 5.41) is 0. The molecule has 0 heterocycles. The standard InChI is InChI=1S/C13H15/c1-5-6-7-13-11(3)8-10(2)9-12(13)4/h8-9H,1,7H2,2-4H3. The summed E-state index contributed by atoms with van der Waals surface area (Å²) < 4.78 is 0. The van der Waals surface area contributed by atoms with Crippen molar-refractivity contribution in [2.75, 3.05) is 0 Å². The van der Waals surface area contributed by atoms with Gasteiger partial charge in [-0.1, -0.05) is 23.6 Å². The Morgan fingerprint density at radius 1 is 1.15 bits per heavy atom. The maximum Gasteiger partial charge on any atom is 0.0345 e. The van der Waals surface area contributed by atoms with Crippen molar-refractivity contribution < 1.29 is 0 Å². The Morgan fingerprint density at radius 2 is 1.69 bits per heavy atom. The largest absolute Gasteiger partial charge is 0.102 e. The first-order chi connectivity index (χ1) is 6.15. The molecule has 0 saturated carbocycles. The average molecular weight is 171 g/mol. The van der Waals surface area contributed by atoms with Crippen molar-refractivity contribution in [3.8, 4) is 11.8 Å². The van der Waals surface area contributed by atoms with Crippen molar-refractivity contribution >= 4 is 0 Å². The molecule has 0 aliphatic heterocycles. The lowest BCUT2D eigenvalue weighted by atomic mass is 9.98. The van der Waals surface area contributed by atoms with E-state index in [9.17, 15) is 0 Å². The van der Waals surface area contributed by atoms with E-state index < -0.39 is 0 Å². The van der Waals surface area contributed by atoms with Gasteiger partial charge in [-0.05, 0) is 37.5 Å². The summed E-state index contributed by atoms with van der Waals surface area (Å²) >= 11 is 0. The molecule has 0 atom stereocenters. The lowest BCUT2D eigenvalue weighted by molar-refractivity contribution is 1.17. The molecule has 67 valence electrons. The minimum Gasteiger partial charge on any atom is -0.102 e. The van der Waals surface area contributed by atoms with Crippen LogP contribution in [0.3, 0.4) is 0 Å². The Kier molecular flexibility index (Phi) is 3.14. The molecular formula is C13H15. The van der Waals surface area contributed by atoms with E-state index >= 15 is 0 Å². The van der Waals surface area contributed by atoms with Gasteiger partial charge in [-0.3, -0.25) is 0 Å². The highest BCUT2D eigenvalue weighted by atomic mass is 14.1. The van der Waals surface area contributed by atoms with Crippen LogP contribution in [0.2, 0.25) is 0 Å². The first kappa shape index (κ1) is 9.86. The van der Waals surface area contributed by atoms with Crippen molar-refractivity contribution in [2.24, 2.45) is 0 Å². The summed E-state index contributed by atoms with van der Waals surface area (Å²) in [6, 6.07) is 4.40. The van der Waals surface area contributed by atoms with Gasteiger partial charge in [-0.25, -0.2) is 0 Å². The first-order valence-electron chi connectivity index (χ1n) is 4.47. The molecule has 13 heavy (non-hydrogen) atoms. The van der Waals surface area contributed by atoms with Crippen LogP contribution in [0, 0.1) is 39.5 Å². The monoisotopic (exact) mass is 171 g/mol. The van der Waals surface area contributed by atoms with E-state index in [0.717, 1.165) is 6.42 Å². The predicted molar refractivity (Wildman–Crippen MR) is 57.5 cm³/mol. The molecule has 0 aliphatic rings. The van der Waals surface area contributed by atoms with Gasteiger partial charge in [0.25, 0.3) is 0 Å². The average Bonchev–Trinajstić information content (AvgIpc) is 2.02. The molecular weight excluding hydrogens is 156 g/mol. The van der Waals surface area contributed by atoms with Gasteiger partial charge in [0, 0.05) is 13.3 Å². The number of aryl methyl sites for hydroxylation is 3. The molecule has 0 aliphatic carbocycles. The maximum atomic E-state index is 3.52. The van der Waals surface area contributed by atoms with E-state index in [4.69, 9.17) is 0 Å². The summed E-state index contributed by atoms with van der Waals surface area (Å²) in [6.45, 7) is 9.92. The van der Waals surface area contributed by atoms with Crippen LogP contribution in [0.5, 0.6) is 0 Å². The second-order valence-electron chi connectivity index (χ2n) is 3.41. The van der Waals surface area contributed by atoms with E-state index in [2.05, 4.69) is 51.7 Å². The lowest BCUT2D eigenvalue weighted by Crippen LogP contribution is -1.93. The van der Waals surface area contributed by atoms with Crippen LogP contribution in [-0.2, 0) is 6.42 Å². The van der Waals surface area contributed by atoms with Crippen molar-refractivity contribution in [1.29, 1.82) is 0 Å². The van der Waals surface area contributed by atoms with Crippen LogP contribution < -0.4 is 0 Å². The van der Waals surface area contributed by atoms with Crippen LogP contribution in [0.15, 0.2) is 12.1 Å². The van der Waals surface area contributed by atoms with E-state index in [0.29, 0.717) is 0 Å². The predicted octanol–water partition coefficient (Wildman–Crippen LogP) is 2.99. The molecule has 1 aromatic rings. The number of rotatable bonds is 1. The molecule has 0 amide bonds. The van der Waals surface area contributed by atoms with Crippen LogP contribution in [0.4, 0.5) is 0 Å². The normalized spacial score (nSPS) is 9.23. The Bertz CT molecular complexity index is 338. The van der Waals surface area contributed by atoms with Crippen LogP contribution in [-0.4, -0.2) is 0 Å². The second kappa shape index (κ2) is 4.14. The van der Waals surface area contributed by atoms with Gasteiger partial charge in [0.15, 0.2) is 0 Å². The molecule has 1 rings (SSSR count). The third-order valence-electron chi connectivity index (χ3n) is 2.23. The highest BCUT2D eigenvalue weighted by molar-refractivity contribution is 5.39. The maximum absolute atomic E-state index is 3.52. The Morgan fingerprint density at radius 3 is 2.15 bits per heavy atom. The highest BCUT2D eigenvalue weighted by Crippen LogP contribution is 2.16. The van der Waals surface area contributed by atoms with Crippen LogP contribution in [0.1, 0.15) is 22.3 Å². The van der Waals surface area contributed by atoms with Crippen molar-refractivity contribution in [3.05, 3.63) is 41.3 Å². The van der Waals surface area contributed by atoms with Crippen LogP contribution in [0.25, 0.3) is 0 Å². The van der Waals surface area contributed by atoms with Gasteiger partial charge < -0.3 is 0 Å². The zero-order valence-electron chi connectivity index (χ0n) is 8.57. The summed E-state index contributed by atoms with van der Waals surface area (Å²) in [4.78, 5) is 0. The molecule has 1 radical (unpaired) electrons. The lowest BCUT2D eigenvalue weighted by Gasteiger charge is -2.07. The smallest absolute Gasteiger partial charge is 0.0345 e. The van der Waals surface area contributed by atoms with Gasteiger partial charge in [-0.15, -0.1) is 5.92 Å². The summed E-state index contributed by atoms with van der Waals surface area (Å²) in [6.07, 6.45) is 0.821. The van der Waals surface area contributed by atoms with Gasteiger partial charge in [0.2, 0.25) is 0 Å². The van der Waals surface area contributed by atoms with E-state index in [-0.39, 0.29) is 0 Å². The Labute approximate surface area is 81.0 Å². The summed E-state index contributed by atoms with van der Waals surface area (Å²) in [5.41, 5.74) is 5.34. The SMILES string of the molecule is [CH2]C#CCc1c(C)cc(C)cc1C. The summed E-state index contributed by atoms with van der Waals surface area (Å²) in [5.74, 6) is 5.69. The van der Waals surface area contributed by atoms with E-state index in [1.807, 2.05) is 0 Å². The quantitative estimate of drug-likeness (QED) is 0.570. The Hall–Kier alpha value is -1.22. The fraction of sp³-hybridized carbons (Fsp3) is 0.308. The zero-order chi connectivity index (χ0) is 9.84. The van der Waals surface area contributed by atoms with Crippen molar-refractivity contribution in [3.63, 3.8) is 0 Å². The molecule has 0 nitrogen and oxygen atoms in total. The molecule has 0 saturated heterocycles. The van der Waals surface area contributed by atoms with Crippen molar-refractivity contribution in [1.82, 2.24) is 0 Å². The minimum absolute atomic E-state index is 0.821. The fourth-order valence-corrected chi connectivity index (χ4v) is 1.64. The third-order valence-corrected chi connectivity index (χ3v) is 2.23. The highest BCUT2D eigenvalue weighted by Gasteiger charge is 2.01. The number of hydrogen-bond donors (Lipinski definition) is 0.